The third-order valence-corrected chi connectivity index (χ3v) is 3.29. The number of pyridine rings is 1. The van der Waals surface area contributed by atoms with Crippen molar-refractivity contribution in [1.82, 2.24) is 10.5 Å². The third-order valence-electron chi connectivity index (χ3n) is 2.74. The minimum Gasteiger partial charge on any atom is -0.277 e. The molecule has 1 N–H and O–H groups in total. The van der Waals surface area contributed by atoms with Crippen LogP contribution < -0.4 is 5.48 Å². The molecule has 0 fully saturated rings. The summed E-state index contributed by atoms with van der Waals surface area (Å²) < 4.78 is 0. The molecule has 1 heterocycles. The van der Waals surface area contributed by atoms with Crippen molar-refractivity contribution in [2.45, 2.75) is 6.42 Å². The number of hydroxylamine groups is 1. The molecule has 0 aliphatic carbocycles. The van der Waals surface area contributed by atoms with E-state index < -0.39 is 0 Å². The molecule has 0 radical (unpaired) electrons. The number of aromatic nitrogens is 1. The predicted molar refractivity (Wildman–Crippen MR) is 78.0 cm³/mol. The van der Waals surface area contributed by atoms with Crippen molar-refractivity contribution in [2.75, 3.05) is 7.11 Å². The lowest BCUT2D eigenvalue weighted by Crippen LogP contribution is -2.23. The Hall–Kier alpha value is -1.62. The normalized spacial score (nSPS) is 10.3. The molecule has 4 nitrogen and oxygen atoms in total. The Labute approximate surface area is 126 Å². The summed E-state index contributed by atoms with van der Waals surface area (Å²) in [5, 5.41) is 0.875. The van der Waals surface area contributed by atoms with Crippen molar-refractivity contribution < 1.29 is 9.63 Å². The van der Waals surface area contributed by atoms with Crippen LogP contribution in [0.3, 0.4) is 0 Å². The number of benzene rings is 1. The number of nitrogens with zero attached hydrogens (tertiary/aromatic N) is 1. The van der Waals surface area contributed by atoms with Gasteiger partial charge in [0.05, 0.1) is 12.1 Å². The van der Waals surface area contributed by atoms with E-state index in [1.165, 1.54) is 13.3 Å². The Morgan fingerprint density at radius 3 is 2.80 bits per heavy atom. The molecule has 2 rings (SSSR count). The molecule has 0 aliphatic heterocycles. The molecule has 20 heavy (non-hydrogen) atoms. The second kappa shape index (κ2) is 6.70. The highest BCUT2D eigenvalue weighted by molar-refractivity contribution is 6.32. The molecule has 6 heteroatoms. The quantitative estimate of drug-likeness (QED) is 0.696. The van der Waals surface area contributed by atoms with Crippen LogP contribution in [-0.4, -0.2) is 18.0 Å². The molecular formula is C14H12Cl2N2O2. The summed E-state index contributed by atoms with van der Waals surface area (Å²) in [5.41, 5.74) is 4.46. The van der Waals surface area contributed by atoms with Gasteiger partial charge < -0.3 is 0 Å². The Bertz CT molecular complexity index is 632. The third kappa shape index (κ3) is 3.48. The van der Waals surface area contributed by atoms with E-state index in [4.69, 9.17) is 23.2 Å². The van der Waals surface area contributed by atoms with Crippen LogP contribution >= 0.6 is 23.2 Å². The highest BCUT2D eigenvalue weighted by Gasteiger charge is 2.12. The zero-order valence-electron chi connectivity index (χ0n) is 10.7. The molecule has 0 atom stereocenters. The molecule has 0 unspecified atom stereocenters. The lowest BCUT2D eigenvalue weighted by atomic mass is 10.00. The fraction of sp³-hybridized carbons (Fsp3) is 0.143. The topological polar surface area (TPSA) is 51.2 Å². The number of nitrogens with one attached hydrogen (secondary N) is 1. The Kier molecular flexibility index (Phi) is 4.95. The number of carbonyl (C=O) groups is 1. The maximum atomic E-state index is 11.9. The van der Waals surface area contributed by atoms with Gasteiger partial charge in [0.25, 0.3) is 5.91 Å². The average Bonchev–Trinajstić information content (AvgIpc) is 2.44. The molecule has 2 aromatic rings. The minimum atomic E-state index is -0.306. The summed E-state index contributed by atoms with van der Waals surface area (Å²) in [6.45, 7) is 0. The molecule has 1 aromatic carbocycles. The van der Waals surface area contributed by atoms with E-state index in [1.807, 2.05) is 12.1 Å². The summed E-state index contributed by atoms with van der Waals surface area (Å²) in [6.07, 6.45) is 1.98. The first-order valence-corrected chi connectivity index (χ1v) is 6.58. The molecule has 0 bridgehead atoms. The van der Waals surface area contributed by atoms with Gasteiger partial charge in [0.15, 0.2) is 0 Å². The zero-order chi connectivity index (χ0) is 14.5. The van der Waals surface area contributed by atoms with Crippen molar-refractivity contribution in [3.05, 3.63) is 63.4 Å². The fourth-order valence-corrected chi connectivity index (χ4v) is 2.19. The maximum Gasteiger partial charge on any atom is 0.275 e. The van der Waals surface area contributed by atoms with Gasteiger partial charge in [-0.2, -0.15) is 0 Å². The number of rotatable bonds is 4. The van der Waals surface area contributed by atoms with Crippen LogP contribution in [0.25, 0.3) is 0 Å². The second-order valence-corrected chi connectivity index (χ2v) is 4.86. The highest BCUT2D eigenvalue weighted by Crippen LogP contribution is 2.23. The van der Waals surface area contributed by atoms with Crippen LogP contribution in [-0.2, 0) is 11.3 Å². The van der Waals surface area contributed by atoms with Gasteiger partial charge >= 0.3 is 0 Å². The highest BCUT2D eigenvalue weighted by atomic mass is 35.5. The Morgan fingerprint density at radius 2 is 2.05 bits per heavy atom. The molecule has 1 amide bonds. The van der Waals surface area contributed by atoms with Crippen molar-refractivity contribution >= 4 is 29.1 Å². The molecule has 1 aromatic heterocycles. The SMILES string of the molecule is CONC(=O)c1ccccc1Cc1cc(Cl)ncc1Cl. The number of hydrogen-bond donors (Lipinski definition) is 1. The van der Waals surface area contributed by atoms with Crippen molar-refractivity contribution in [2.24, 2.45) is 0 Å². The van der Waals surface area contributed by atoms with Gasteiger partial charge in [-0.1, -0.05) is 41.4 Å². The van der Waals surface area contributed by atoms with E-state index in [1.54, 1.807) is 18.2 Å². The fourth-order valence-electron chi connectivity index (χ4n) is 1.84. The van der Waals surface area contributed by atoms with Crippen LogP contribution in [0.4, 0.5) is 0 Å². The van der Waals surface area contributed by atoms with Crippen molar-refractivity contribution in [1.29, 1.82) is 0 Å². The minimum absolute atomic E-state index is 0.306. The van der Waals surface area contributed by atoms with E-state index in [0.29, 0.717) is 22.2 Å². The standard InChI is InChI=1S/C14H12Cl2N2O2/c1-20-18-14(19)11-5-3-2-4-9(11)6-10-7-13(16)17-8-12(10)15/h2-5,7-8H,6H2,1H3,(H,18,19). The summed E-state index contributed by atoms with van der Waals surface area (Å²) in [6, 6.07) is 8.91. The molecule has 104 valence electrons. The Balaban J connectivity index is 2.34. The smallest absolute Gasteiger partial charge is 0.275 e. The van der Waals surface area contributed by atoms with E-state index >= 15 is 0 Å². The summed E-state index contributed by atoms with van der Waals surface area (Å²) in [7, 11) is 1.39. The Morgan fingerprint density at radius 1 is 1.30 bits per heavy atom. The first-order chi connectivity index (χ1) is 9.61. The molecule has 0 spiro atoms. The van der Waals surface area contributed by atoms with Crippen LogP contribution in [0.1, 0.15) is 21.5 Å². The van der Waals surface area contributed by atoms with Gasteiger partial charge in [-0.25, -0.2) is 10.5 Å². The summed E-state index contributed by atoms with van der Waals surface area (Å²) in [4.78, 5) is 20.5. The van der Waals surface area contributed by atoms with Crippen molar-refractivity contribution in [3.63, 3.8) is 0 Å². The van der Waals surface area contributed by atoms with E-state index in [-0.39, 0.29) is 5.91 Å². The van der Waals surface area contributed by atoms with Gasteiger partial charge in [-0.15, -0.1) is 0 Å². The zero-order valence-corrected chi connectivity index (χ0v) is 12.2. The second-order valence-electron chi connectivity index (χ2n) is 4.07. The van der Waals surface area contributed by atoms with Crippen LogP contribution in [0.15, 0.2) is 36.5 Å². The lowest BCUT2D eigenvalue weighted by Gasteiger charge is -2.10. The summed E-state index contributed by atoms with van der Waals surface area (Å²) >= 11 is 12.0. The number of halogens is 2. The summed E-state index contributed by atoms with van der Waals surface area (Å²) in [5.74, 6) is -0.306. The molecule has 0 aliphatic rings. The molecule has 0 saturated heterocycles. The first-order valence-electron chi connectivity index (χ1n) is 5.83. The van der Waals surface area contributed by atoms with Crippen molar-refractivity contribution in [3.8, 4) is 0 Å². The maximum absolute atomic E-state index is 11.9. The van der Waals surface area contributed by atoms with Gasteiger partial charge in [0.2, 0.25) is 0 Å². The number of amides is 1. The van der Waals surface area contributed by atoms with Crippen LogP contribution in [0.5, 0.6) is 0 Å². The van der Waals surface area contributed by atoms with Crippen LogP contribution in [0, 0.1) is 0 Å². The van der Waals surface area contributed by atoms with Gasteiger partial charge in [-0.3, -0.25) is 9.63 Å². The first kappa shape index (κ1) is 14.8. The van der Waals surface area contributed by atoms with Gasteiger partial charge in [0, 0.05) is 11.8 Å². The molecule has 0 saturated carbocycles. The number of hydrogen-bond acceptors (Lipinski definition) is 3. The molecular weight excluding hydrogens is 299 g/mol. The largest absolute Gasteiger partial charge is 0.277 e. The van der Waals surface area contributed by atoms with Crippen LogP contribution in [0.2, 0.25) is 10.2 Å². The monoisotopic (exact) mass is 310 g/mol. The predicted octanol–water partition coefficient (Wildman–Crippen LogP) is 3.27. The van der Waals surface area contributed by atoms with E-state index in [2.05, 4.69) is 15.3 Å². The average molecular weight is 311 g/mol. The number of carbonyl (C=O) groups excluding carboxylic acids is 1. The van der Waals surface area contributed by atoms with E-state index in [9.17, 15) is 4.79 Å². The van der Waals surface area contributed by atoms with E-state index in [0.717, 1.165) is 11.1 Å². The van der Waals surface area contributed by atoms with Gasteiger partial charge in [-0.05, 0) is 29.7 Å². The lowest BCUT2D eigenvalue weighted by molar-refractivity contribution is 0.0537. The van der Waals surface area contributed by atoms with Gasteiger partial charge in [0.1, 0.15) is 5.15 Å².